The predicted molar refractivity (Wildman–Crippen MR) is 66.6 cm³/mol. The van der Waals surface area contributed by atoms with Crippen molar-refractivity contribution in [1.82, 2.24) is 0 Å². The summed E-state index contributed by atoms with van der Waals surface area (Å²) in [5.74, 6) is 0. The van der Waals surface area contributed by atoms with Crippen LogP contribution in [0.4, 0.5) is 0 Å². The Labute approximate surface area is 96.8 Å². The second-order valence-electron chi connectivity index (χ2n) is 3.14. The van der Waals surface area contributed by atoms with Crippen LogP contribution in [0.1, 0.15) is 0 Å². The molecule has 0 rings (SSSR count). The standard InChI is InChI=1S/C9H15ClO3SSi/c1-4-7-15(8-5-2,9-6-3)13-14(10,11)12/h4-6H,1-3,7-9H2. The van der Waals surface area contributed by atoms with Crippen molar-refractivity contribution >= 4 is 28.3 Å². The highest BCUT2D eigenvalue weighted by Gasteiger charge is 2.36. The van der Waals surface area contributed by atoms with E-state index < -0.39 is 17.6 Å². The van der Waals surface area contributed by atoms with Crippen molar-refractivity contribution in [3.05, 3.63) is 38.0 Å². The van der Waals surface area contributed by atoms with Crippen LogP contribution in [0.2, 0.25) is 18.1 Å². The first-order valence-electron chi connectivity index (χ1n) is 4.37. The fraction of sp³-hybridized carbons (Fsp3) is 0.333. The third kappa shape index (κ3) is 5.94. The normalized spacial score (nSPS) is 12.1. The van der Waals surface area contributed by atoms with Crippen LogP contribution < -0.4 is 0 Å². The molecule has 0 aromatic heterocycles. The molecule has 0 N–H and O–H groups in total. The lowest BCUT2D eigenvalue weighted by molar-refractivity contribution is 0.496. The minimum atomic E-state index is -3.96. The van der Waals surface area contributed by atoms with Gasteiger partial charge in [-0.1, -0.05) is 18.2 Å². The fourth-order valence-electron chi connectivity index (χ4n) is 1.35. The highest BCUT2D eigenvalue weighted by molar-refractivity contribution is 8.10. The van der Waals surface area contributed by atoms with Crippen LogP contribution in [0, 0.1) is 0 Å². The molecule has 0 atom stereocenters. The Morgan fingerprint density at radius 3 is 1.60 bits per heavy atom. The van der Waals surface area contributed by atoms with Crippen molar-refractivity contribution in [3.63, 3.8) is 0 Å². The zero-order valence-corrected chi connectivity index (χ0v) is 11.1. The third-order valence-electron chi connectivity index (χ3n) is 1.83. The average Bonchev–Trinajstić information content (AvgIpc) is 2.01. The zero-order valence-electron chi connectivity index (χ0n) is 8.49. The van der Waals surface area contributed by atoms with E-state index in [1.54, 1.807) is 18.2 Å². The van der Waals surface area contributed by atoms with E-state index in [-0.39, 0.29) is 0 Å². The molecule has 0 aliphatic carbocycles. The van der Waals surface area contributed by atoms with Gasteiger partial charge in [0, 0.05) is 10.7 Å². The molecule has 0 radical (unpaired) electrons. The quantitative estimate of drug-likeness (QED) is 0.385. The summed E-state index contributed by atoms with van der Waals surface area (Å²) in [5, 5.41) is 0. The van der Waals surface area contributed by atoms with E-state index in [1.807, 2.05) is 0 Å². The van der Waals surface area contributed by atoms with Crippen LogP contribution in [-0.2, 0) is 13.2 Å². The Kier molecular flexibility index (Phi) is 6.12. The van der Waals surface area contributed by atoms with Gasteiger partial charge in [0.15, 0.2) is 0 Å². The van der Waals surface area contributed by atoms with Gasteiger partial charge in [0.05, 0.1) is 0 Å². The lowest BCUT2D eigenvalue weighted by atomic mass is 10.7. The van der Waals surface area contributed by atoms with Crippen molar-refractivity contribution in [1.29, 1.82) is 0 Å². The Bertz CT molecular complexity index is 311. The molecule has 0 saturated heterocycles. The molecular formula is C9H15ClO3SSi. The molecule has 0 unspecified atom stereocenters. The first-order valence-corrected chi connectivity index (χ1v) is 9.13. The van der Waals surface area contributed by atoms with E-state index in [2.05, 4.69) is 19.7 Å². The minimum Gasteiger partial charge on any atom is -0.302 e. The summed E-state index contributed by atoms with van der Waals surface area (Å²) in [4.78, 5) is 0. The SMILES string of the molecule is C=CC[Si](CC=C)(CC=C)OS(=O)(=O)Cl. The predicted octanol–water partition coefficient (Wildman–Crippen LogP) is 2.99. The summed E-state index contributed by atoms with van der Waals surface area (Å²) in [6.07, 6.45) is 4.92. The highest BCUT2D eigenvalue weighted by Crippen LogP contribution is 2.27. The number of allylic oxidation sites excluding steroid dienone is 3. The van der Waals surface area contributed by atoms with Crippen LogP contribution in [-0.4, -0.2) is 16.7 Å². The smallest absolute Gasteiger partial charge is 0.302 e. The molecule has 15 heavy (non-hydrogen) atoms. The molecule has 0 aliphatic rings. The van der Waals surface area contributed by atoms with E-state index in [1.165, 1.54) is 0 Å². The summed E-state index contributed by atoms with van der Waals surface area (Å²) >= 11 is 0. The lowest BCUT2D eigenvalue weighted by Gasteiger charge is -2.25. The summed E-state index contributed by atoms with van der Waals surface area (Å²) in [6.45, 7) is 10.8. The van der Waals surface area contributed by atoms with Crippen LogP contribution in [0.15, 0.2) is 38.0 Å². The number of hydrogen-bond acceptors (Lipinski definition) is 3. The van der Waals surface area contributed by atoms with Crippen LogP contribution in [0.25, 0.3) is 0 Å². The highest BCUT2D eigenvalue weighted by atomic mass is 35.7. The summed E-state index contributed by atoms with van der Waals surface area (Å²) < 4.78 is 26.9. The number of hydrogen-bond donors (Lipinski definition) is 0. The molecule has 86 valence electrons. The maximum Gasteiger partial charge on any atom is 0.346 e. The van der Waals surface area contributed by atoms with Gasteiger partial charge in [0.1, 0.15) is 0 Å². The van der Waals surface area contributed by atoms with Crippen molar-refractivity contribution in [3.8, 4) is 0 Å². The molecule has 0 aromatic rings. The van der Waals surface area contributed by atoms with E-state index in [0.717, 1.165) is 0 Å². The minimum absolute atomic E-state index is 0.497. The van der Waals surface area contributed by atoms with Gasteiger partial charge in [-0.2, -0.15) is 8.42 Å². The van der Waals surface area contributed by atoms with Gasteiger partial charge < -0.3 is 3.87 Å². The maximum absolute atomic E-state index is 10.9. The molecule has 0 amide bonds. The molecule has 0 aliphatic heterocycles. The number of halogens is 1. The molecular weight excluding hydrogens is 252 g/mol. The molecule has 0 fully saturated rings. The van der Waals surface area contributed by atoms with E-state index in [4.69, 9.17) is 14.6 Å². The Hall–Kier alpha value is -0.363. The van der Waals surface area contributed by atoms with Crippen molar-refractivity contribution in [2.75, 3.05) is 0 Å². The zero-order chi connectivity index (χ0) is 11.9. The van der Waals surface area contributed by atoms with Gasteiger partial charge in [0.25, 0.3) is 0 Å². The van der Waals surface area contributed by atoms with Gasteiger partial charge in [-0.05, 0) is 18.1 Å². The largest absolute Gasteiger partial charge is 0.346 e. The first kappa shape index (κ1) is 14.6. The molecule has 6 heteroatoms. The molecule has 0 spiro atoms. The van der Waals surface area contributed by atoms with Crippen molar-refractivity contribution in [2.24, 2.45) is 0 Å². The van der Waals surface area contributed by atoms with Crippen LogP contribution in [0.3, 0.4) is 0 Å². The molecule has 0 heterocycles. The Morgan fingerprint density at radius 1 is 1.07 bits per heavy atom. The van der Waals surface area contributed by atoms with Crippen LogP contribution >= 0.6 is 10.7 Å². The second-order valence-corrected chi connectivity index (χ2v) is 9.32. The van der Waals surface area contributed by atoms with E-state index in [0.29, 0.717) is 18.1 Å². The van der Waals surface area contributed by atoms with Gasteiger partial charge >= 0.3 is 9.33 Å². The summed E-state index contributed by atoms with van der Waals surface area (Å²) in [5.41, 5.74) is 0. The van der Waals surface area contributed by atoms with Gasteiger partial charge in [-0.15, -0.1) is 19.7 Å². The number of rotatable bonds is 8. The summed E-state index contributed by atoms with van der Waals surface area (Å²) in [7, 11) is -1.36. The first-order chi connectivity index (χ1) is 6.89. The van der Waals surface area contributed by atoms with Crippen LogP contribution in [0.5, 0.6) is 0 Å². The fourth-order valence-corrected chi connectivity index (χ4v) is 7.14. The molecule has 0 saturated carbocycles. The van der Waals surface area contributed by atoms with Gasteiger partial charge in [-0.3, -0.25) is 0 Å². The molecule has 0 bridgehead atoms. The average molecular weight is 267 g/mol. The monoisotopic (exact) mass is 266 g/mol. The van der Waals surface area contributed by atoms with Gasteiger partial charge in [-0.25, -0.2) is 0 Å². The second kappa shape index (κ2) is 6.27. The van der Waals surface area contributed by atoms with Crippen molar-refractivity contribution in [2.45, 2.75) is 18.1 Å². The van der Waals surface area contributed by atoms with E-state index in [9.17, 15) is 8.42 Å². The third-order valence-corrected chi connectivity index (χ3v) is 7.70. The Morgan fingerprint density at radius 2 is 1.40 bits per heavy atom. The summed E-state index contributed by atoms with van der Waals surface area (Å²) in [6, 6.07) is 1.49. The molecule has 0 aromatic carbocycles. The van der Waals surface area contributed by atoms with Gasteiger partial charge in [0.2, 0.25) is 8.32 Å². The topological polar surface area (TPSA) is 43.4 Å². The lowest BCUT2D eigenvalue weighted by Crippen LogP contribution is -2.37. The van der Waals surface area contributed by atoms with E-state index >= 15 is 0 Å². The Balaban J connectivity index is 4.99. The molecule has 3 nitrogen and oxygen atoms in total. The maximum atomic E-state index is 10.9. The van der Waals surface area contributed by atoms with Crippen molar-refractivity contribution < 1.29 is 12.3 Å².